The summed E-state index contributed by atoms with van der Waals surface area (Å²) in [4.78, 5) is 34.1. The maximum atomic E-state index is 13.9. The molecule has 2 heterocycles. The van der Waals surface area contributed by atoms with Crippen LogP contribution in [0.1, 0.15) is 35.2 Å². The van der Waals surface area contributed by atoms with Gasteiger partial charge in [-0.15, -0.1) is 0 Å². The first kappa shape index (κ1) is 28.2. The maximum Gasteiger partial charge on any atom is 0.430 e. The molecule has 7 nitrogen and oxygen atoms in total. The van der Waals surface area contributed by atoms with E-state index in [-0.39, 0.29) is 23.5 Å². The number of benzene rings is 1. The van der Waals surface area contributed by atoms with Crippen molar-refractivity contribution < 1.29 is 27.9 Å². The molecule has 1 N–H and O–H groups in total. The van der Waals surface area contributed by atoms with Gasteiger partial charge in [-0.25, -0.2) is 4.98 Å². The molecule has 2 aliphatic rings. The van der Waals surface area contributed by atoms with Crippen LogP contribution in [0.2, 0.25) is 5.15 Å². The number of hydrogen-bond acceptors (Lipinski definition) is 5. The number of rotatable bonds is 7. The van der Waals surface area contributed by atoms with Crippen molar-refractivity contribution in [3.63, 3.8) is 0 Å². The van der Waals surface area contributed by atoms with Gasteiger partial charge in [0.1, 0.15) is 11.0 Å². The molecule has 206 valence electrons. The molecule has 2 fully saturated rings. The zero-order chi connectivity index (χ0) is 27.8. The van der Waals surface area contributed by atoms with Crippen LogP contribution in [-0.4, -0.2) is 78.7 Å². The lowest BCUT2D eigenvalue weighted by Crippen LogP contribution is -2.55. The summed E-state index contributed by atoms with van der Waals surface area (Å²) in [7, 11) is 4.62. The van der Waals surface area contributed by atoms with Gasteiger partial charge in [0.2, 0.25) is 0 Å². The average molecular weight is 553 g/mol. The Morgan fingerprint density at radius 3 is 2.26 bits per heavy atom. The SMILES string of the molecule is CN(C)C(=O)c1ccc(N2CCC([C@H]3C[C@H]3CN(C)C(=O)[C@@](O)(c3ccccc3)C(F)(F)F)CC2)nc1Cl. The van der Waals surface area contributed by atoms with Crippen molar-refractivity contribution in [3.05, 3.63) is 58.7 Å². The summed E-state index contributed by atoms with van der Waals surface area (Å²) in [5.74, 6) is -0.0733. The fourth-order valence-electron chi connectivity index (χ4n) is 5.41. The number of alkyl halides is 3. The van der Waals surface area contributed by atoms with Gasteiger partial charge in [0.05, 0.1) is 5.56 Å². The van der Waals surface area contributed by atoms with Crippen molar-refractivity contribution in [1.29, 1.82) is 0 Å². The van der Waals surface area contributed by atoms with Crippen LogP contribution in [0.4, 0.5) is 19.0 Å². The second-order valence-corrected chi connectivity index (χ2v) is 10.8. The first-order valence-electron chi connectivity index (χ1n) is 12.6. The van der Waals surface area contributed by atoms with E-state index in [2.05, 4.69) is 9.88 Å². The number of halogens is 4. The highest BCUT2D eigenvalue weighted by atomic mass is 35.5. The Balaban J connectivity index is 1.33. The van der Waals surface area contributed by atoms with E-state index in [1.165, 1.54) is 30.1 Å². The number of piperidine rings is 1. The molecule has 4 rings (SSSR count). The molecule has 38 heavy (non-hydrogen) atoms. The minimum Gasteiger partial charge on any atom is -0.369 e. The Labute approximate surface area is 225 Å². The van der Waals surface area contributed by atoms with Gasteiger partial charge in [-0.3, -0.25) is 9.59 Å². The maximum absolute atomic E-state index is 13.9. The van der Waals surface area contributed by atoms with Gasteiger partial charge in [0.25, 0.3) is 17.4 Å². The van der Waals surface area contributed by atoms with E-state index in [0.717, 1.165) is 49.4 Å². The summed E-state index contributed by atoms with van der Waals surface area (Å²) in [5.41, 5.74) is -3.73. The summed E-state index contributed by atoms with van der Waals surface area (Å²) >= 11 is 6.26. The molecular weight excluding hydrogens is 521 g/mol. The van der Waals surface area contributed by atoms with Crippen LogP contribution in [0, 0.1) is 17.8 Å². The largest absolute Gasteiger partial charge is 0.430 e. The normalized spacial score (nSPS) is 21.5. The second kappa shape index (κ2) is 10.7. The van der Waals surface area contributed by atoms with Gasteiger partial charge < -0.3 is 19.8 Å². The molecule has 11 heteroatoms. The van der Waals surface area contributed by atoms with Crippen LogP contribution >= 0.6 is 11.6 Å². The molecule has 2 aromatic rings. The monoisotopic (exact) mass is 552 g/mol. The van der Waals surface area contributed by atoms with Crippen molar-refractivity contribution in [2.24, 2.45) is 17.8 Å². The van der Waals surface area contributed by atoms with E-state index in [9.17, 15) is 27.9 Å². The van der Waals surface area contributed by atoms with Crippen LogP contribution in [0.15, 0.2) is 42.5 Å². The molecule has 0 spiro atoms. The fraction of sp³-hybridized carbons (Fsp3) is 0.519. The van der Waals surface area contributed by atoms with Crippen LogP contribution in [0.3, 0.4) is 0 Å². The van der Waals surface area contributed by atoms with Gasteiger partial charge >= 0.3 is 6.18 Å². The second-order valence-electron chi connectivity index (χ2n) is 10.5. The molecule has 0 radical (unpaired) electrons. The molecule has 1 aliphatic heterocycles. The fourth-order valence-corrected chi connectivity index (χ4v) is 5.65. The average Bonchev–Trinajstić information content (AvgIpc) is 3.66. The van der Waals surface area contributed by atoms with Gasteiger partial charge in [0, 0.05) is 46.3 Å². The van der Waals surface area contributed by atoms with E-state index in [4.69, 9.17) is 11.6 Å². The Hall–Kier alpha value is -2.85. The van der Waals surface area contributed by atoms with Gasteiger partial charge in [0.15, 0.2) is 0 Å². The number of anilines is 1. The van der Waals surface area contributed by atoms with Crippen molar-refractivity contribution in [2.75, 3.05) is 45.7 Å². The van der Waals surface area contributed by atoms with Crippen LogP contribution in [0.25, 0.3) is 0 Å². The molecule has 2 amide bonds. The minimum atomic E-state index is -5.15. The topological polar surface area (TPSA) is 77.0 Å². The van der Waals surface area contributed by atoms with E-state index < -0.39 is 23.2 Å². The molecule has 1 saturated carbocycles. The van der Waals surface area contributed by atoms with Crippen molar-refractivity contribution >= 4 is 29.2 Å². The van der Waals surface area contributed by atoms with E-state index in [1.807, 2.05) is 0 Å². The quantitative estimate of drug-likeness (QED) is 0.521. The highest BCUT2D eigenvalue weighted by Crippen LogP contribution is 2.49. The van der Waals surface area contributed by atoms with Crippen molar-refractivity contribution in [3.8, 4) is 0 Å². The number of carbonyl (C=O) groups is 2. The molecule has 3 atom stereocenters. The number of amides is 2. The third kappa shape index (κ3) is 5.47. The van der Waals surface area contributed by atoms with Crippen LogP contribution in [0.5, 0.6) is 0 Å². The zero-order valence-electron chi connectivity index (χ0n) is 21.6. The number of carbonyl (C=O) groups excluding carboxylic acids is 2. The summed E-state index contributed by atoms with van der Waals surface area (Å²) in [6.45, 7) is 1.65. The van der Waals surface area contributed by atoms with E-state index in [1.54, 1.807) is 26.2 Å². The van der Waals surface area contributed by atoms with Gasteiger partial charge in [-0.05, 0) is 49.1 Å². The number of aliphatic hydroxyl groups is 1. The number of nitrogens with zero attached hydrogens (tertiary/aromatic N) is 4. The predicted octanol–water partition coefficient (Wildman–Crippen LogP) is 4.20. The Bertz CT molecular complexity index is 1170. The minimum absolute atomic E-state index is 0.0951. The molecule has 1 aromatic carbocycles. The third-order valence-corrected chi connectivity index (χ3v) is 7.97. The number of hydrogen-bond donors (Lipinski definition) is 1. The number of aromatic nitrogens is 1. The number of likely N-dealkylation sites (N-methyl/N-ethyl adjacent to an activating group) is 1. The molecular formula is C27H32ClF3N4O3. The van der Waals surface area contributed by atoms with E-state index >= 15 is 0 Å². The Morgan fingerprint density at radius 1 is 1.08 bits per heavy atom. The Morgan fingerprint density at radius 2 is 1.71 bits per heavy atom. The van der Waals surface area contributed by atoms with Gasteiger partial charge in [-0.1, -0.05) is 41.9 Å². The summed E-state index contributed by atoms with van der Waals surface area (Å²) in [6, 6.07) is 9.96. The van der Waals surface area contributed by atoms with Gasteiger partial charge in [-0.2, -0.15) is 13.2 Å². The molecule has 0 bridgehead atoms. The highest BCUT2D eigenvalue weighted by Gasteiger charge is 2.62. The molecule has 1 saturated heterocycles. The summed E-state index contributed by atoms with van der Waals surface area (Å²) in [6.07, 6.45) is -2.55. The summed E-state index contributed by atoms with van der Waals surface area (Å²) in [5, 5.41) is 10.7. The highest BCUT2D eigenvalue weighted by molar-refractivity contribution is 6.32. The zero-order valence-corrected chi connectivity index (χ0v) is 22.3. The Kier molecular flexibility index (Phi) is 7.95. The molecule has 0 unspecified atom stereocenters. The lowest BCUT2D eigenvalue weighted by molar-refractivity contribution is -0.261. The first-order valence-corrected chi connectivity index (χ1v) is 13.0. The standard InChI is InChI=1S/C27H32ClF3N4O3/c1-33(2)24(36)20-9-10-22(32-23(20)28)35-13-11-17(12-14-35)21-15-18(21)16-34(3)25(37)26(38,27(29,30)31)19-7-5-4-6-8-19/h4-10,17-18,21,38H,11-16H2,1-3H3/t18-,21+,26-/m0/s1. The van der Waals surface area contributed by atoms with E-state index in [0.29, 0.717) is 23.2 Å². The molecule has 1 aliphatic carbocycles. The summed E-state index contributed by atoms with van der Waals surface area (Å²) < 4.78 is 41.7. The lowest BCUT2D eigenvalue weighted by atomic mass is 9.90. The smallest absolute Gasteiger partial charge is 0.369 e. The molecule has 1 aromatic heterocycles. The first-order chi connectivity index (χ1) is 17.8. The number of pyridine rings is 1. The van der Waals surface area contributed by atoms with Crippen LogP contribution < -0.4 is 4.90 Å². The van der Waals surface area contributed by atoms with Crippen LogP contribution in [-0.2, 0) is 10.4 Å². The third-order valence-electron chi connectivity index (χ3n) is 7.68. The predicted molar refractivity (Wildman–Crippen MR) is 138 cm³/mol. The lowest BCUT2D eigenvalue weighted by Gasteiger charge is -2.34. The van der Waals surface area contributed by atoms with Crippen molar-refractivity contribution in [2.45, 2.75) is 31.0 Å². The van der Waals surface area contributed by atoms with Crippen molar-refractivity contribution in [1.82, 2.24) is 14.8 Å².